The lowest BCUT2D eigenvalue weighted by Gasteiger charge is -2.00. The topological polar surface area (TPSA) is 42.9 Å². The highest BCUT2D eigenvalue weighted by atomic mass is 35.5. The second kappa shape index (κ2) is 4.86. The van der Waals surface area contributed by atoms with Crippen molar-refractivity contribution in [3.05, 3.63) is 59.1 Å². The van der Waals surface area contributed by atoms with Gasteiger partial charge in [-0.2, -0.15) is 0 Å². The molecule has 0 spiro atoms. The van der Waals surface area contributed by atoms with Crippen LogP contribution in [0.25, 0.3) is 0 Å². The smallest absolute Gasteiger partial charge is 0.168 e. The van der Waals surface area contributed by atoms with Crippen LogP contribution in [0.3, 0.4) is 0 Å². The molecule has 2 aromatic heterocycles. The van der Waals surface area contributed by atoms with Crippen LogP contribution in [0.4, 0.5) is 0 Å². The molecule has 2 rings (SSSR count). The van der Waals surface area contributed by atoms with Crippen molar-refractivity contribution < 1.29 is 4.79 Å². The Morgan fingerprint density at radius 3 is 2.75 bits per heavy atom. The van der Waals surface area contributed by atoms with Gasteiger partial charge in [0.2, 0.25) is 0 Å². The fourth-order valence-electron chi connectivity index (χ4n) is 1.33. The summed E-state index contributed by atoms with van der Waals surface area (Å²) >= 11 is 5.64. The third kappa shape index (κ3) is 2.64. The van der Waals surface area contributed by atoms with Crippen molar-refractivity contribution in [2.45, 2.75) is 6.42 Å². The molecule has 0 aliphatic rings. The van der Waals surface area contributed by atoms with Crippen LogP contribution in [0.15, 0.2) is 42.9 Å². The Bertz CT molecular complexity index is 482. The molecule has 0 aliphatic heterocycles. The predicted octanol–water partition coefficient (Wildman–Crippen LogP) is 2.56. The zero-order chi connectivity index (χ0) is 11.4. The molecule has 0 bridgehead atoms. The second-order valence-corrected chi connectivity index (χ2v) is 3.72. The Kier molecular flexibility index (Phi) is 3.27. The summed E-state index contributed by atoms with van der Waals surface area (Å²) in [4.78, 5) is 19.6. The SMILES string of the molecule is O=C(Cc1cccnc1)c1ccc(Cl)nc1. The number of hydrogen-bond acceptors (Lipinski definition) is 3. The van der Waals surface area contributed by atoms with E-state index in [0.29, 0.717) is 17.1 Å². The molecule has 0 N–H and O–H groups in total. The van der Waals surface area contributed by atoms with Gasteiger partial charge < -0.3 is 0 Å². The molecule has 0 aliphatic carbocycles. The first-order valence-corrected chi connectivity index (χ1v) is 5.17. The zero-order valence-electron chi connectivity index (χ0n) is 8.43. The maximum absolute atomic E-state index is 11.8. The number of Topliss-reactive ketones (excluding diaryl/α,β-unsaturated/α-hetero) is 1. The van der Waals surface area contributed by atoms with Gasteiger partial charge in [-0.1, -0.05) is 17.7 Å². The third-order valence-electron chi connectivity index (χ3n) is 2.14. The number of carbonyl (C=O) groups excluding carboxylic acids is 1. The molecule has 3 nitrogen and oxygen atoms in total. The number of aromatic nitrogens is 2. The Balaban J connectivity index is 2.12. The van der Waals surface area contributed by atoms with Crippen LogP contribution in [0.5, 0.6) is 0 Å². The molecular formula is C12H9ClN2O. The van der Waals surface area contributed by atoms with Crippen molar-refractivity contribution in [1.29, 1.82) is 0 Å². The maximum atomic E-state index is 11.8. The molecule has 80 valence electrons. The largest absolute Gasteiger partial charge is 0.294 e. The van der Waals surface area contributed by atoms with Crippen molar-refractivity contribution in [3.63, 3.8) is 0 Å². The van der Waals surface area contributed by atoms with Crippen LogP contribution in [0.2, 0.25) is 5.15 Å². The van der Waals surface area contributed by atoms with Crippen LogP contribution in [-0.2, 0) is 6.42 Å². The van der Waals surface area contributed by atoms with Crippen molar-refractivity contribution in [3.8, 4) is 0 Å². The molecule has 16 heavy (non-hydrogen) atoms. The van der Waals surface area contributed by atoms with Crippen molar-refractivity contribution in [2.24, 2.45) is 0 Å². The molecule has 0 saturated carbocycles. The highest BCUT2D eigenvalue weighted by Gasteiger charge is 2.07. The first-order valence-electron chi connectivity index (χ1n) is 4.79. The predicted molar refractivity (Wildman–Crippen MR) is 61.5 cm³/mol. The lowest BCUT2D eigenvalue weighted by atomic mass is 10.1. The van der Waals surface area contributed by atoms with Crippen LogP contribution < -0.4 is 0 Å². The van der Waals surface area contributed by atoms with Crippen LogP contribution in [0.1, 0.15) is 15.9 Å². The number of pyridine rings is 2. The van der Waals surface area contributed by atoms with Gasteiger partial charge in [-0.05, 0) is 23.8 Å². The van der Waals surface area contributed by atoms with Gasteiger partial charge in [-0.25, -0.2) is 4.98 Å². The van der Waals surface area contributed by atoms with E-state index in [-0.39, 0.29) is 5.78 Å². The van der Waals surface area contributed by atoms with Gasteiger partial charge in [0, 0.05) is 30.6 Å². The van der Waals surface area contributed by atoms with E-state index in [1.54, 1.807) is 24.5 Å². The molecule has 2 aromatic rings. The van der Waals surface area contributed by atoms with Gasteiger partial charge in [-0.15, -0.1) is 0 Å². The van der Waals surface area contributed by atoms with E-state index in [1.807, 2.05) is 12.1 Å². The van der Waals surface area contributed by atoms with E-state index >= 15 is 0 Å². The Morgan fingerprint density at radius 2 is 2.12 bits per heavy atom. The lowest BCUT2D eigenvalue weighted by Crippen LogP contribution is -2.04. The van der Waals surface area contributed by atoms with Crippen LogP contribution in [0, 0.1) is 0 Å². The summed E-state index contributed by atoms with van der Waals surface area (Å²) in [5.74, 6) is 0.0113. The molecule has 0 amide bonds. The molecular weight excluding hydrogens is 224 g/mol. The first kappa shape index (κ1) is 10.8. The van der Waals surface area contributed by atoms with Crippen molar-refractivity contribution >= 4 is 17.4 Å². The standard InChI is InChI=1S/C12H9ClN2O/c13-12-4-3-10(8-15-12)11(16)6-9-2-1-5-14-7-9/h1-5,7-8H,6H2. The minimum atomic E-state index is 0.0113. The van der Waals surface area contributed by atoms with E-state index in [2.05, 4.69) is 9.97 Å². The van der Waals surface area contributed by atoms with Crippen LogP contribution in [-0.4, -0.2) is 15.8 Å². The number of hydrogen-bond donors (Lipinski definition) is 0. The number of ketones is 1. The Hall–Kier alpha value is -1.74. The molecule has 2 heterocycles. The fraction of sp³-hybridized carbons (Fsp3) is 0.0833. The minimum Gasteiger partial charge on any atom is -0.294 e. The number of carbonyl (C=O) groups is 1. The Morgan fingerprint density at radius 1 is 1.25 bits per heavy atom. The van der Waals surface area contributed by atoms with E-state index < -0.39 is 0 Å². The molecule has 0 saturated heterocycles. The number of nitrogens with zero attached hydrogens (tertiary/aromatic N) is 2. The Labute approximate surface area is 98.1 Å². The van der Waals surface area contributed by atoms with Gasteiger partial charge in [0.15, 0.2) is 5.78 Å². The van der Waals surface area contributed by atoms with E-state index in [9.17, 15) is 4.79 Å². The molecule has 0 aromatic carbocycles. The molecule has 0 unspecified atom stereocenters. The summed E-state index contributed by atoms with van der Waals surface area (Å²) in [7, 11) is 0. The summed E-state index contributed by atoms with van der Waals surface area (Å²) in [6.07, 6.45) is 5.18. The average molecular weight is 233 g/mol. The molecule has 0 fully saturated rings. The van der Waals surface area contributed by atoms with E-state index in [1.165, 1.54) is 6.20 Å². The summed E-state index contributed by atoms with van der Waals surface area (Å²) in [6, 6.07) is 6.96. The average Bonchev–Trinajstić information content (AvgIpc) is 2.31. The quantitative estimate of drug-likeness (QED) is 0.603. The fourth-order valence-corrected chi connectivity index (χ4v) is 1.44. The van der Waals surface area contributed by atoms with Gasteiger partial charge in [0.05, 0.1) is 0 Å². The van der Waals surface area contributed by atoms with Gasteiger partial charge in [0.1, 0.15) is 5.15 Å². The third-order valence-corrected chi connectivity index (χ3v) is 2.36. The maximum Gasteiger partial charge on any atom is 0.168 e. The normalized spacial score (nSPS) is 10.1. The second-order valence-electron chi connectivity index (χ2n) is 3.33. The molecule has 4 heteroatoms. The number of rotatable bonds is 3. The zero-order valence-corrected chi connectivity index (χ0v) is 9.19. The first-order chi connectivity index (χ1) is 7.75. The molecule has 0 radical (unpaired) electrons. The van der Waals surface area contributed by atoms with Gasteiger partial charge in [-0.3, -0.25) is 9.78 Å². The monoisotopic (exact) mass is 232 g/mol. The summed E-state index contributed by atoms with van der Waals surface area (Å²) in [5.41, 5.74) is 1.45. The lowest BCUT2D eigenvalue weighted by molar-refractivity contribution is 0.0992. The van der Waals surface area contributed by atoms with Gasteiger partial charge >= 0.3 is 0 Å². The van der Waals surface area contributed by atoms with E-state index in [0.717, 1.165) is 5.56 Å². The van der Waals surface area contributed by atoms with Crippen molar-refractivity contribution in [2.75, 3.05) is 0 Å². The molecule has 0 atom stereocenters. The summed E-state index contributed by atoms with van der Waals surface area (Å²) in [6.45, 7) is 0. The number of halogens is 1. The van der Waals surface area contributed by atoms with Crippen LogP contribution >= 0.6 is 11.6 Å². The highest BCUT2D eigenvalue weighted by molar-refractivity contribution is 6.29. The van der Waals surface area contributed by atoms with Crippen molar-refractivity contribution in [1.82, 2.24) is 9.97 Å². The summed E-state index contributed by atoms with van der Waals surface area (Å²) < 4.78 is 0. The highest BCUT2D eigenvalue weighted by Crippen LogP contribution is 2.08. The minimum absolute atomic E-state index is 0.0113. The summed E-state index contributed by atoms with van der Waals surface area (Å²) in [5, 5.41) is 0.387. The van der Waals surface area contributed by atoms with Gasteiger partial charge in [0.25, 0.3) is 0 Å². The van der Waals surface area contributed by atoms with E-state index in [4.69, 9.17) is 11.6 Å².